The van der Waals surface area contributed by atoms with Gasteiger partial charge in [-0.25, -0.2) is 0 Å². The van der Waals surface area contributed by atoms with Crippen molar-refractivity contribution in [2.45, 2.75) is 0 Å². The SMILES string of the molecule is C=COS(=O)(=O)O.[NaH]. The molecule has 0 aliphatic heterocycles. The number of rotatable bonds is 2. The predicted molar refractivity (Wildman–Crippen MR) is 30.0 cm³/mol. The van der Waals surface area contributed by atoms with E-state index in [1.165, 1.54) is 0 Å². The molecule has 0 atom stereocenters. The van der Waals surface area contributed by atoms with E-state index in [-0.39, 0.29) is 29.6 Å². The van der Waals surface area contributed by atoms with E-state index in [1.807, 2.05) is 0 Å². The van der Waals surface area contributed by atoms with Crippen molar-refractivity contribution in [1.82, 2.24) is 0 Å². The standard InChI is InChI=1S/C2H4O4S.Na.H/c1-2-6-7(3,4)5;;/h2H,1H2,(H,3,4,5);;. The van der Waals surface area contributed by atoms with E-state index < -0.39 is 10.4 Å². The summed E-state index contributed by atoms with van der Waals surface area (Å²) in [5, 5.41) is 0. The Balaban J connectivity index is 0. The average Bonchev–Trinajstić information content (AvgIpc) is 1.30. The molecule has 4 nitrogen and oxygen atoms in total. The van der Waals surface area contributed by atoms with Crippen LogP contribution >= 0.6 is 0 Å². The molecule has 0 aliphatic carbocycles. The topological polar surface area (TPSA) is 63.6 Å². The molecule has 0 rings (SSSR count). The Morgan fingerprint density at radius 1 is 1.62 bits per heavy atom. The molecule has 0 aromatic heterocycles. The van der Waals surface area contributed by atoms with Crippen LogP contribution in [0.1, 0.15) is 0 Å². The fourth-order valence-electron chi connectivity index (χ4n) is 0.0860. The van der Waals surface area contributed by atoms with Crippen LogP contribution in [0.2, 0.25) is 0 Å². The Labute approximate surface area is 69.8 Å². The van der Waals surface area contributed by atoms with Gasteiger partial charge in [-0.3, -0.25) is 4.55 Å². The van der Waals surface area contributed by atoms with Crippen molar-refractivity contribution in [3.8, 4) is 0 Å². The van der Waals surface area contributed by atoms with Gasteiger partial charge in [0.1, 0.15) is 6.26 Å². The molecule has 6 heteroatoms. The maximum absolute atomic E-state index is 9.49. The summed E-state index contributed by atoms with van der Waals surface area (Å²) in [6.07, 6.45) is 0.620. The van der Waals surface area contributed by atoms with Crippen LogP contribution < -0.4 is 0 Å². The third-order valence-electron chi connectivity index (χ3n) is 0.190. The van der Waals surface area contributed by atoms with Gasteiger partial charge in [-0.15, -0.1) is 0 Å². The predicted octanol–water partition coefficient (Wildman–Crippen LogP) is -0.699. The van der Waals surface area contributed by atoms with Crippen LogP contribution in [0.3, 0.4) is 0 Å². The Kier molecular flexibility index (Phi) is 6.12. The molecule has 8 heavy (non-hydrogen) atoms. The third kappa shape index (κ3) is 9.67. The first kappa shape index (κ1) is 11.3. The van der Waals surface area contributed by atoms with E-state index >= 15 is 0 Å². The van der Waals surface area contributed by atoms with Gasteiger partial charge in [0.15, 0.2) is 0 Å². The molecule has 0 radical (unpaired) electrons. The molecule has 0 spiro atoms. The molecule has 0 aromatic rings. The van der Waals surface area contributed by atoms with Gasteiger partial charge < -0.3 is 4.18 Å². The number of hydrogen-bond donors (Lipinski definition) is 1. The molecule has 0 unspecified atom stereocenters. The van der Waals surface area contributed by atoms with Crippen LogP contribution in [0.5, 0.6) is 0 Å². The minimum atomic E-state index is -4.29. The molecular weight excluding hydrogens is 143 g/mol. The fraction of sp³-hybridized carbons (Fsp3) is 0. The summed E-state index contributed by atoms with van der Waals surface area (Å²) in [7, 11) is -4.29. The van der Waals surface area contributed by atoms with E-state index in [0.717, 1.165) is 0 Å². The zero-order chi connectivity index (χ0) is 5.91. The average molecular weight is 148 g/mol. The first-order chi connectivity index (χ1) is 3.06. The summed E-state index contributed by atoms with van der Waals surface area (Å²) in [4.78, 5) is 0. The zero-order valence-electron chi connectivity index (χ0n) is 3.36. The van der Waals surface area contributed by atoms with Crippen molar-refractivity contribution in [3.05, 3.63) is 12.8 Å². The van der Waals surface area contributed by atoms with Gasteiger partial charge in [0.25, 0.3) is 0 Å². The van der Waals surface area contributed by atoms with Crippen molar-refractivity contribution in [3.63, 3.8) is 0 Å². The van der Waals surface area contributed by atoms with E-state index in [9.17, 15) is 8.42 Å². The molecule has 0 fully saturated rings. The Bertz CT molecular complexity index is 147. The van der Waals surface area contributed by atoms with Crippen LogP contribution in [0.15, 0.2) is 12.8 Å². The summed E-state index contributed by atoms with van der Waals surface area (Å²) < 4.78 is 30.2. The van der Waals surface area contributed by atoms with E-state index in [0.29, 0.717) is 6.26 Å². The van der Waals surface area contributed by atoms with E-state index in [4.69, 9.17) is 4.55 Å². The first-order valence-electron chi connectivity index (χ1n) is 1.33. The van der Waals surface area contributed by atoms with Crippen molar-refractivity contribution in [2.24, 2.45) is 0 Å². The second-order valence-corrected chi connectivity index (χ2v) is 1.74. The van der Waals surface area contributed by atoms with Crippen LogP contribution in [-0.2, 0) is 14.6 Å². The second kappa shape index (κ2) is 4.34. The molecular formula is C2H5NaO4S. The van der Waals surface area contributed by atoms with Crippen LogP contribution in [0.4, 0.5) is 0 Å². The monoisotopic (exact) mass is 148 g/mol. The molecule has 0 heterocycles. The van der Waals surface area contributed by atoms with Gasteiger partial charge >= 0.3 is 40.0 Å². The van der Waals surface area contributed by atoms with Crippen molar-refractivity contribution < 1.29 is 17.2 Å². The molecule has 0 saturated carbocycles. The minimum absolute atomic E-state index is 0. The van der Waals surface area contributed by atoms with Gasteiger partial charge in [-0.1, -0.05) is 6.58 Å². The van der Waals surface area contributed by atoms with Crippen molar-refractivity contribution >= 4 is 40.0 Å². The summed E-state index contributed by atoms with van der Waals surface area (Å²) >= 11 is 0. The first-order valence-corrected chi connectivity index (χ1v) is 2.69. The summed E-state index contributed by atoms with van der Waals surface area (Å²) in [6, 6.07) is 0. The molecule has 44 valence electrons. The van der Waals surface area contributed by atoms with Gasteiger partial charge in [0.2, 0.25) is 0 Å². The summed E-state index contributed by atoms with van der Waals surface area (Å²) in [5.41, 5.74) is 0. The quantitative estimate of drug-likeness (QED) is 0.319. The molecule has 0 aliphatic rings. The Hall–Kier alpha value is 0.450. The number of hydrogen-bond acceptors (Lipinski definition) is 3. The Morgan fingerprint density at radius 3 is 2.00 bits per heavy atom. The van der Waals surface area contributed by atoms with Crippen LogP contribution in [-0.4, -0.2) is 42.5 Å². The van der Waals surface area contributed by atoms with Crippen molar-refractivity contribution in [1.29, 1.82) is 0 Å². The molecule has 0 amide bonds. The van der Waals surface area contributed by atoms with E-state index in [2.05, 4.69) is 10.8 Å². The summed E-state index contributed by atoms with van der Waals surface area (Å²) in [6.45, 7) is 2.88. The van der Waals surface area contributed by atoms with Gasteiger partial charge in [0.05, 0.1) is 0 Å². The summed E-state index contributed by atoms with van der Waals surface area (Å²) in [5.74, 6) is 0. The fourth-order valence-corrected chi connectivity index (χ4v) is 0.258. The zero-order valence-corrected chi connectivity index (χ0v) is 4.18. The molecule has 1 N–H and O–H groups in total. The maximum atomic E-state index is 9.49. The van der Waals surface area contributed by atoms with Gasteiger partial charge in [0, 0.05) is 0 Å². The molecule has 0 aromatic carbocycles. The molecule has 0 saturated heterocycles. The third-order valence-corrected chi connectivity index (χ3v) is 0.569. The van der Waals surface area contributed by atoms with Gasteiger partial charge in [-0.2, -0.15) is 8.42 Å². The normalized spacial score (nSPS) is 9.12. The van der Waals surface area contributed by atoms with Crippen LogP contribution in [0, 0.1) is 0 Å². The van der Waals surface area contributed by atoms with Crippen molar-refractivity contribution in [2.75, 3.05) is 0 Å². The van der Waals surface area contributed by atoms with Gasteiger partial charge in [-0.05, 0) is 0 Å². The Morgan fingerprint density at radius 2 is 2.00 bits per heavy atom. The molecule has 0 bridgehead atoms. The van der Waals surface area contributed by atoms with Crippen LogP contribution in [0.25, 0.3) is 0 Å². The van der Waals surface area contributed by atoms with E-state index in [1.54, 1.807) is 0 Å². The second-order valence-electron chi connectivity index (χ2n) is 0.691.